The molecule has 0 bridgehead atoms. The third kappa shape index (κ3) is 9.01. The maximum Gasteiger partial charge on any atom is 0.245 e. The van der Waals surface area contributed by atoms with Crippen molar-refractivity contribution in [2.24, 2.45) is 0 Å². The molecule has 1 aliphatic heterocycles. The highest BCUT2D eigenvalue weighted by Gasteiger charge is 2.30. The molecule has 2 unspecified atom stereocenters. The number of rotatable bonds is 16. The molecule has 4 aromatic rings. The molecule has 2 atom stereocenters. The number of carbonyl (C=O) groups excluding carboxylic acids is 2. The van der Waals surface area contributed by atoms with Crippen molar-refractivity contribution in [2.45, 2.75) is 77.0 Å². The maximum absolute atomic E-state index is 13.9. The van der Waals surface area contributed by atoms with E-state index in [1.165, 1.54) is 5.56 Å². The predicted molar refractivity (Wildman–Crippen MR) is 195 cm³/mol. The van der Waals surface area contributed by atoms with E-state index in [0.29, 0.717) is 23.6 Å². The van der Waals surface area contributed by atoms with Crippen LogP contribution in [0.1, 0.15) is 63.8 Å². The number of sulfonamides is 1. The van der Waals surface area contributed by atoms with Crippen molar-refractivity contribution in [3.05, 3.63) is 102 Å². The molecule has 0 saturated carbocycles. The topological polar surface area (TPSA) is 117 Å². The Balaban J connectivity index is 1.40. The second-order valence-corrected chi connectivity index (χ2v) is 14.5. The van der Waals surface area contributed by atoms with E-state index in [9.17, 15) is 18.0 Å². The van der Waals surface area contributed by atoms with Crippen LogP contribution in [0.2, 0.25) is 0 Å². The Labute approximate surface area is 295 Å². The maximum atomic E-state index is 13.9. The van der Waals surface area contributed by atoms with Gasteiger partial charge in [0.15, 0.2) is 11.5 Å². The van der Waals surface area contributed by atoms with E-state index in [-0.39, 0.29) is 36.5 Å². The molecule has 1 heterocycles. The molecule has 0 radical (unpaired) electrons. The molecule has 50 heavy (non-hydrogen) atoms. The standard InChI is InChI=1S/C39H48N4O6S/c1-6-42(7-2)25-29-15-13-28(14-16-29)21-35(39(45)43(8-3)27(4)5)40-38(44)24-34(32-18-20-36-37(23-32)49-26-48-36)41-50(46,47)33-19-17-30-11-9-10-12-31(30)22-33/h9-20,22-23,27,34-35,41H,6-8,21,24-26H2,1-5H3,(H,40,44). The van der Waals surface area contributed by atoms with E-state index >= 15 is 0 Å². The van der Waals surface area contributed by atoms with Crippen LogP contribution in [-0.2, 0) is 32.6 Å². The van der Waals surface area contributed by atoms with Gasteiger partial charge in [0.25, 0.3) is 0 Å². The van der Waals surface area contributed by atoms with E-state index < -0.39 is 28.0 Å². The van der Waals surface area contributed by atoms with Gasteiger partial charge in [-0.25, -0.2) is 13.1 Å². The molecule has 5 rings (SSSR count). The molecule has 0 aromatic heterocycles. The third-order valence-corrected chi connectivity index (χ3v) is 10.6. The molecule has 266 valence electrons. The number of carbonyl (C=O) groups is 2. The van der Waals surface area contributed by atoms with Crippen LogP contribution in [0.5, 0.6) is 11.5 Å². The number of fused-ring (bicyclic) bond motifs is 2. The van der Waals surface area contributed by atoms with Gasteiger partial charge in [-0.2, -0.15) is 0 Å². The summed E-state index contributed by atoms with van der Waals surface area (Å²) < 4.78 is 41.4. The van der Waals surface area contributed by atoms with E-state index in [0.717, 1.165) is 36.0 Å². The van der Waals surface area contributed by atoms with Gasteiger partial charge < -0.3 is 19.7 Å². The van der Waals surface area contributed by atoms with Gasteiger partial charge in [0.1, 0.15) is 6.04 Å². The number of likely N-dealkylation sites (N-methyl/N-ethyl adjacent to an activating group) is 1. The van der Waals surface area contributed by atoms with Gasteiger partial charge in [-0.05, 0) is 85.6 Å². The fourth-order valence-electron chi connectivity index (χ4n) is 6.28. The minimum atomic E-state index is -4.08. The number of nitrogens with one attached hydrogen (secondary N) is 2. The van der Waals surface area contributed by atoms with E-state index in [1.807, 2.05) is 57.2 Å². The minimum absolute atomic E-state index is 0.0524. The Bertz CT molecular complexity index is 1890. The zero-order valence-corrected chi connectivity index (χ0v) is 30.3. The summed E-state index contributed by atoms with van der Waals surface area (Å²) in [7, 11) is -4.08. The van der Waals surface area contributed by atoms with Gasteiger partial charge >= 0.3 is 0 Å². The van der Waals surface area contributed by atoms with E-state index in [1.54, 1.807) is 41.3 Å². The zero-order valence-electron chi connectivity index (χ0n) is 29.5. The van der Waals surface area contributed by atoms with Gasteiger partial charge in [0, 0.05) is 32.0 Å². The fourth-order valence-corrected chi connectivity index (χ4v) is 7.54. The Hall–Kier alpha value is -4.45. The van der Waals surface area contributed by atoms with Crippen molar-refractivity contribution in [3.8, 4) is 11.5 Å². The number of hydrogen-bond donors (Lipinski definition) is 2. The van der Waals surface area contributed by atoms with Crippen LogP contribution in [0.15, 0.2) is 89.8 Å². The van der Waals surface area contributed by atoms with Crippen molar-refractivity contribution in [1.29, 1.82) is 0 Å². The summed E-state index contributed by atoms with van der Waals surface area (Å²) >= 11 is 0. The van der Waals surface area contributed by atoms with Crippen LogP contribution < -0.4 is 19.5 Å². The van der Waals surface area contributed by atoms with Crippen LogP contribution in [0, 0.1) is 0 Å². The van der Waals surface area contributed by atoms with Crippen LogP contribution >= 0.6 is 0 Å². The van der Waals surface area contributed by atoms with Gasteiger partial charge in [-0.15, -0.1) is 0 Å². The molecular formula is C39H48N4O6S. The fraction of sp³-hybridized carbons (Fsp3) is 0.385. The van der Waals surface area contributed by atoms with Crippen LogP contribution in [0.3, 0.4) is 0 Å². The lowest BCUT2D eigenvalue weighted by atomic mass is 10.0. The normalized spacial score (nSPS) is 13.8. The number of nitrogens with zero attached hydrogens (tertiary/aromatic N) is 2. The lowest BCUT2D eigenvalue weighted by molar-refractivity contribution is -0.137. The number of ether oxygens (including phenoxy) is 2. The smallest absolute Gasteiger partial charge is 0.245 e. The van der Waals surface area contributed by atoms with Crippen molar-refractivity contribution in [2.75, 3.05) is 26.4 Å². The summed E-state index contributed by atoms with van der Waals surface area (Å²) in [6.07, 6.45) is 0.0314. The summed E-state index contributed by atoms with van der Waals surface area (Å²) in [5.74, 6) is 0.340. The summed E-state index contributed by atoms with van der Waals surface area (Å²) in [5.41, 5.74) is 2.61. The number of hydrogen-bond acceptors (Lipinski definition) is 7. The van der Waals surface area contributed by atoms with Gasteiger partial charge in [-0.1, -0.05) is 74.5 Å². The summed E-state index contributed by atoms with van der Waals surface area (Å²) in [4.78, 5) is 32.0. The highest BCUT2D eigenvalue weighted by atomic mass is 32.2. The Morgan fingerprint density at radius 2 is 1.48 bits per heavy atom. The Morgan fingerprint density at radius 1 is 0.800 bits per heavy atom. The highest BCUT2D eigenvalue weighted by molar-refractivity contribution is 7.89. The van der Waals surface area contributed by atoms with Crippen LogP contribution in [0.4, 0.5) is 0 Å². The first-order chi connectivity index (χ1) is 24.0. The second kappa shape index (κ2) is 16.5. The zero-order chi connectivity index (χ0) is 35.8. The SMILES string of the molecule is CCN(CC)Cc1ccc(CC(NC(=O)CC(NS(=O)(=O)c2ccc3ccccc3c2)c2ccc3c(c2)OCO3)C(=O)N(CC)C(C)C)cc1. The summed E-state index contributed by atoms with van der Waals surface area (Å²) in [5, 5.41) is 4.66. The van der Waals surface area contributed by atoms with Crippen molar-refractivity contribution < 1.29 is 27.5 Å². The van der Waals surface area contributed by atoms with Gasteiger partial charge in [-0.3, -0.25) is 14.5 Å². The van der Waals surface area contributed by atoms with Gasteiger partial charge in [0.2, 0.25) is 28.6 Å². The van der Waals surface area contributed by atoms with Gasteiger partial charge in [0.05, 0.1) is 10.9 Å². The van der Waals surface area contributed by atoms with Crippen LogP contribution in [-0.4, -0.2) is 68.5 Å². The minimum Gasteiger partial charge on any atom is -0.454 e. The first kappa shape index (κ1) is 36.8. The molecule has 0 saturated heterocycles. The highest BCUT2D eigenvalue weighted by Crippen LogP contribution is 2.35. The first-order valence-electron chi connectivity index (χ1n) is 17.3. The summed E-state index contributed by atoms with van der Waals surface area (Å²) in [6, 6.07) is 23.8. The molecule has 0 spiro atoms. The van der Waals surface area contributed by atoms with Crippen molar-refractivity contribution >= 4 is 32.6 Å². The predicted octanol–water partition coefficient (Wildman–Crippen LogP) is 5.80. The lowest BCUT2D eigenvalue weighted by Crippen LogP contribution is -2.52. The molecule has 0 aliphatic carbocycles. The Morgan fingerprint density at radius 3 is 2.16 bits per heavy atom. The largest absolute Gasteiger partial charge is 0.454 e. The molecule has 4 aromatic carbocycles. The molecule has 11 heteroatoms. The molecule has 10 nitrogen and oxygen atoms in total. The van der Waals surface area contributed by atoms with Crippen molar-refractivity contribution in [3.63, 3.8) is 0 Å². The second-order valence-electron chi connectivity index (χ2n) is 12.8. The lowest BCUT2D eigenvalue weighted by Gasteiger charge is -2.30. The monoisotopic (exact) mass is 700 g/mol. The summed E-state index contributed by atoms with van der Waals surface area (Å²) in [6.45, 7) is 13.3. The van der Waals surface area contributed by atoms with Crippen molar-refractivity contribution in [1.82, 2.24) is 19.8 Å². The van der Waals surface area contributed by atoms with E-state index in [4.69, 9.17) is 9.47 Å². The average Bonchev–Trinajstić information content (AvgIpc) is 3.59. The van der Waals surface area contributed by atoms with Crippen LogP contribution in [0.25, 0.3) is 10.8 Å². The number of benzene rings is 4. The quantitative estimate of drug-likeness (QED) is 0.152. The molecular weight excluding hydrogens is 653 g/mol. The van der Waals surface area contributed by atoms with E-state index in [2.05, 4.69) is 40.9 Å². The first-order valence-corrected chi connectivity index (χ1v) is 18.8. The average molecular weight is 701 g/mol. The molecule has 2 N–H and O–H groups in total. The molecule has 0 fully saturated rings. The third-order valence-electron chi connectivity index (χ3n) is 9.16. The molecule has 2 amide bonds. The number of amides is 2. The molecule has 1 aliphatic rings. The Kier molecular flexibility index (Phi) is 12.2.